The molecule has 1 unspecified atom stereocenters. The molecular formula is C12H20NO2Y-. The van der Waals surface area contributed by atoms with Crippen molar-refractivity contribution < 1.29 is 42.9 Å². The van der Waals surface area contributed by atoms with E-state index in [2.05, 4.69) is 18.7 Å². The van der Waals surface area contributed by atoms with Gasteiger partial charge in [-0.05, 0) is 24.8 Å². The SMILES string of the molecule is CCC(C)c1ccc([NH-])cc1.CCOO.[Y]. The summed E-state index contributed by atoms with van der Waals surface area (Å²) in [5, 5.41) is 7.38. The number of hydrogen-bond acceptors (Lipinski definition) is 2. The summed E-state index contributed by atoms with van der Waals surface area (Å²) in [5.41, 5.74) is 9.22. The Morgan fingerprint density at radius 3 is 2.00 bits per heavy atom. The summed E-state index contributed by atoms with van der Waals surface area (Å²) in [5.74, 6) is 0.621. The third kappa shape index (κ3) is 8.23. The van der Waals surface area contributed by atoms with Gasteiger partial charge in [-0.25, -0.2) is 4.89 Å². The zero-order valence-corrected chi connectivity index (χ0v) is 13.1. The molecule has 1 aromatic rings. The Hall–Kier alpha value is 0.0439. The third-order valence-electron chi connectivity index (χ3n) is 2.22. The Labute approximate surface area is 123 Å². The Bertz CT molecular complexity index is 250. The second kappa shape index (κ2) is 11.5. The number of hydrogen-bond donors (Lipinski definition) is 1. The molecule has 0 saturated carbocycles. The van der Waals surface area contributed by atoms with Crippen LogP contribution in [0.25, 0.3) is 5.73 Å². The normalized spacial score (nSPS) is 10.8. The van der Waals surface area contributed by atoms with Crippen LogP contribution in [0.4, 0.5) is 5.69 Å². The van der Waals surface area contributed by atoms with Crippen molar-refractivity contribution in [3.63, 3.8) is 0 Å². The van der Waals surface area contributed by atoms with Gasteiger partial charge < -0.3 is 5.73 Å². The minimum atomic E-state index is 0. The van der Waals surface area contributed by atoms with Crippen molar-refractivity contribution >= 4 is 5.69 Å². The minimum Gasteiger partial charge on any atom is -0.699 e. The molecule has 1 rings (SSSR count). The van der Waals surface area contributed by atoms with Crippen molar-refractivity contribution in [3.8, 4) is 0 Å². The average Bonchev–Trinajstić information content (AvgIpc) is 2.29. The van der Waals surface area contributed by atoms with Crippen LogP contribution in [0, 0.1) is 0 Å². The number of rotatable bonds is 3. The first kappa shape index (κ1) is 18.4. The van der Waals surface area contributed by atoms with E-state index in [4.69, 9.17) is 11.0 Å². The van der Waals surface area contributed by atoms with E-state index in [9.17, 15) is 0 Å². The van der Waals surface area contributed by atoms with Gasteiger partial charge in [0.2, 0.25) is 0 Å². The maximum atomic E-state index is 7.38. The summed E-state index contributed by atoms with van der Waals surface area (Å²) in [6.45, 7) is 6.47. The van der Waals surface area contributed by atoms with Crippen molar-refractivity contribution in [1.29, 1.82) is 0 Å². The first-order chi connectivity index (χ1) is 7.15. The van der Waals surface area contributed by atoms with Gasteiger partial charge in [0.1, 0.15) is 0 Å². The molecule has 0 bridgehead atoms. The first-order valence-corrected chi connectivity index (χ1v) is 5.23. The molecule has 1 aromatic carbocycles. The molecule has 0 aliphatic carbocycles. The van der Waals surface area contributed by atoms with Gasteiger partial charge in [0, 0.05) is 32.7 Å². The Balaban J connectivity index is 0. The predicted octanol–water partition coefficient (Wildman–Crippen LogP) is 4.38. The quantitative estimate of drug-likeness (QED) is 0.665. The molecule has 0 aliphatic heterocycles. The van der Waals surface area contributed by atoms with E-state index in [0.29, 0.717) is 18.2 Å². The smallest absolute Gasteiger partial charge is 0.0791 e. The molecule has 4 heteroatoms. The fourth-order valence-corrected chi connectivity index (χ4v) is 1.05. The van der Waals surface area contributed by atoms with Gasteiger partial charge in [0.15, 0.2) is 0 Å². The van der Waals surface area contributed by atoms with Crippen LogP contribution >= 0.6 is 0 Å². The molecule has 89 valence electrons. The largest absolute Gasteiger partial charge is 0.699 e. The molecule has 16 heavy (non-hydrogen) atoms. The van der Waals surface area contributed by atoms with Crippen LogP contribution in [-0.2, 0) is 37.6 Å². The molecule has 0 aliphatic rings. The molecule has 2 N–H and O–H groups in total. The van der Waals surface area contributed by atoms with Crippen LogP contribution in [0.3, 0.4) is 0 Å². The van der Waals surface area contributed by atoms with Gasteiger partial charge in [0.05, 0.1) is 6.61 Å². The van der Waals surface area contributed by atoms with Gasteiger partial charge in [-0.2, -0.15) is 0 Å². The summed E-state index contributed by atoms with van der Waals surface area (Å²) in [6.07, 6.45) is 1.16. The second-order valence-electron chi connectivity index (χ2n) is 3.35. The summed E-state index contributed by atoms with van der Waals surface area (Å²) < 4.78 is 0. The van der Waals surface area contributed by atoms with Crippen LogP contribution in [0.1, 0.15) is 38.7 Å². The van der Waals surface area contributed by atoms with Crippen LogP contribution in [0.5, 0.6) is 0 Å². The topological polar surface area (TPSA) is 53.3 Å². The van der Waals surface area contributed by atoms with Crippen molar-refractivity contribution in [2.45, 2.75) is 33.1 Å². The molecular weight excluding hydrogens is 279 g/mol. The zero-order valence-electron chi connectivity index (χ0n) is 10.2. The molecule has 0 heterocycles. The molecule has 0 spiro atoms. The van der Waals surface area contributed by atoms with Crippen LogP contribution < -0.4 is 0 Å². The summed E-state index contributed by atoms with van der Waals surface area (Å²) >= 11 is 0. The molecule has 3 nitrogen and oxygen atoms in total. The van der Waals surface area contributed by atoms with Gasteiger partial charge in [-0.15, -0.1) is 5.69 Å². The van der Waals surface area contributed by atoms with E-state index in [-0.39, 0.29) is 32.7 Å². The first-order valence-electron chi connectivity index (χ1n) is 5.23. The Morgan fingerprint density at radius 2 is 1.69 bits per heavy atom. The van der Waals surface area contributed by atoms with Gasteiger partial charge in [-0.3, -0.25) is 5.26 Å². The molecule has 0 fully saturated rings. The van der Waals surface area contributed by atoms with Gasteiger partial charge in [0.25, 0.3) is 0 Å². The summed E-state index contributed by atoms with van der Waals surface area (Å²) in [6, 6.07) is 7.77. The van der Waals surface area contributed by atoms with E-state index in [1.54, 1.807) is 6.92 Å². The number of benzene rings is 1. The Morgan fingerprint density at radius 1 is 1.25 bits per heavy atom. The molecule has 1 atom stereocenters. The fourth-order valence-electron chi connectivity index (χ4n) is 1.05. The maximum Gasteiger partial charge on any atom is 0.0791 e. The van der Waals surface area contributed by atoms with Crippen LogP contribution in [0.2, 0.25) is 0 Å². The Kier molecular flexibility index (Phi) is 13.3. The standard InChI is InChI=1S/C10H14N.C2H6O2.Y/c1-3-8(2)9-4-6-10(11)7-5-9;1-2-4-3;/h4-8,11H,3H2,1-2H3;3H,2H2,1H3;/q-1;;. The van der Waals surface area contributed by atoms with Gasteiger partial charge >= 0.3 is 0 Å². The predicted molar refractivity (Wildman–Crippen MR) is 63.4 cm³/mol. The second-order valence-corrected chi connectivity index (χ2v) is 3.35. The van der Waals surface area contributed by atoms with Crippen molar-refractivity contribution in [3.05, 3.63) is 35.6 Å². The van der Waals surface area contributed by atoms with E-state index in [1.165, 1.54) is 5.56 Å². The van der Waals surface area contributed by atoms with Crippen LogP contribution in [-0.4, -0.2) is 11.9 Å². The summed E-state index contributed by atoms with van der Waals surface area (Å²) in [7, 11) is 0. The molecule has 1 radical (unpaired) electrons. The molecule has 0 saturated heterocycles. The van der Waals surface area contributed by atoms with E-state index < -0.39 is 0 Å². The number of nitrogens with one attached hydrogen (secondary N) is 1. The maximum absolute atomic E-state index is 7.38. The van der Waals surface area contributed by atoms with Crippen LogP contribution in [0.15, 0.2) is 24.3 Å². The molecule has 0 aromatic heterocycles. The van der Waals surface area contributed by atoms with E-state index in [0.717, 1.165) is 6.42 Å². The van der Waals surface area contributed by atoms with Crippen molar-refractivity contribution in [2.24, 2.45) is 0 Å². The van der Waals surface area contributed by atoms with Gasteiger partial charge in [-0.1, -0.05) is 38.1 Å². The third-order valence-corrected chi connectivity index (χ3v) is 2.22. The van der Waals surface area contributed by atoms with Crippen molar-refractivity contribution in [1.82, 2.24) is 0 Å². The van der Waals surface area contributed by atoms with E-state index in [1.807, 2.05) is 24.3 Å². The minimum absolute atomic E-state index is 0. The molecule has 0 amide bonds. The average molecular weight is 299 g/mol. The fraction of sp³-hybridized carbons (Fsp3) is 0.500. The van der Waals surface area contributed by atoms with Crippen molar-refractivity contribution in [2.75, 3.05) is 6.61 Å². The summed E-state index contributed by atoms with van der Waals surface area (Å²) in [4.78, 5) is 3.54. The zero-order chi connectivity index (χ0) is 11.7. The van der Waals surface area contributed by atoms with E-state index >= 15 is 0 Å². The monoisotopic (exact) mass is 299 g/mol.